The van der Waals surface area contributed by atoms with Crippen LogP contribution in [0.5, 0.6) is 0 Å². The van der Waals surface area contributed by atoms with Gasteiger partial charge in [-0.2, -0.15) is 4.98 Å². The molecule has 1 aromatic heterocycles. The summed E-state index contributed by atoms with van der Waals surface area (Å²) in [4.78, 5) is 20.9. The quantitative estimate of drug-likeness (QED) is 0.663. The summed E-state index contributed by atoms with van der Waals surface area (Å²) in [5.41, 5.74) is 3.09. The molecule has 1 saturated carbocycles. The summed E-state index contributed by atoms with van der Waals surface area (Å²) < 4.78 is 0. The number of aryl methyl sites for hydroxylation is 2. The van der Waals surface area contributed by atoms with E-state index >= 15 is 0 Å². The summed E-state index contributed by atoms with van der Waals surface area (Å²) in [5.74, 6) is 1.69. The fourth-order valence-corrected chi connectivity index (χ4v) is 3.19. The van der Waals surface area contributed by atoms with Crippen LogP contribution in [0.3, 0.4) is 0 Å². The third kappa shape index (κ3) is 5.18. The van der Waals surface area contributed by atoms with E-state index in [1.807, 2.05) is 25.1 Å². The van der Waals surface area contributed by atoms with Gasteiger partial charge in [0.2, 0.25) is 11.9 Å². The van der Waals surface area contributed by atoms with Crippen molar-refractivity contribution in [3.8, 4) is 0 Å². The molecule has 0 saturated heterocycles. The minimum absolute atomic E-state index is 0.177. The smallest absolute Gasteiger partial charge is 0.224 e. The van der Waals surface area contributed by atoms with Crippen LogP contribution in [-0.4, -0.2) is 29.0 Å². The lowest BCUT2D eigenvalue weighted by molar-refractivity contribution is -0.124. The number of carbonyl (C=O) groups excluding carboxylic acids is 1. The molecule has 1 heterocycles. The SMILES string of the molecule is Cc1ccc(Nc2cc(C)nc(NCCNC(=O)C3CCCC3)n2)cc1. The lowest BCUT2D eigenvalue weighted by Crippen LogP contribution is -2.33. The molecule has 1 aromatic carbocycles. The molecule has 0 unspecified atom stereocenters. The van der Waals surface area contributed by atoms with E-state index in [-0.39, 0.29) is 11.8 Å². The second-order valence-electron chi connectivity index (χ2n) is 6.91. The number of aromatic nitrogens is 2. The zero-order valence-electron chi connectivity index (χ0n) is 15.5. The van der Waals surface area contributed by atoms with Crippen LogP contribution in [0.1, 0.15) is 36.9 Å². The van der Waals surface area contributed by atoms with Gasteiger partial charge >= 0.3 is 0 Å². The van der Waals surface area contributed by atoms with Crippen molar-refractivity contribution in [3.05, 3.63) is 41.6 Å². The van der Waals surface area contributed by atoms with Gasteiger partial charge in [0.05, 0.1) is 0 Å². The monoisotopic (exact) mass is 353 g/mol. The Morgan fingerprint density at radius 2 is 1.81 bits per heavy atom. The van der Waals surface area contributed by atoms with Crippen molar-refractivity contribution < 1.29 is 4.79 Å². The molecular formula is C20H27N5O. The van der Waals surface area contributed by atoms with Crippen LogP contribution in [0, 0.1) is 19.8 Å². The number of nitrogens with zero attached hydrogens (tertiary/aromatic N) is 2. The molecule has 26 heavy (non-hydrogen) atoms. The highest BCUT2D eigenvalue weighted by Crippen LogP contribution is 2.24. The van der Waals surface area contributed by atoms with Crippen molar-refractivity contribution in [2.75, 3.05) is 23.7 Å². The van der Waals surface area contributed by atoms with Gasteiger partial charge in [0, 0.05) is 36.5 Å². The molecule has 1 amide bonds. The molecule has 6 nitrogen and oxygen atoms in total. The molecule has 2 aromatic rings. The molecule has 0 bridgehead atoms. The number of amides is 1. The van der Waals surface area contributed by atoms with Crippen LogP contribution >= 0.6 is 0 Å². The van der Waals surface area contributed by atoms with Gasteiger partial charge in [-0.3, -0.25) is 4.79 Å². The summed E-state index contributed by atoms with van der Waals surface area (Å²) in [6.07, 6.45) is 4.39. The van der Waals surface area contributed by atoms with Gasteiger partial charge in [-0.05, 0) is 38.8 Å². The highest BCUT2D eigenvalue weighted by Gasteiger charge is 2.21. The van der Waals surface area contributed by atoms with E-state index in [1.165, 1.54) is 18.4 Å². The van der Waals surface area contributed by atoms with Crippen LogP contribution < -0.4 is 16.0 Å². The van der Waals surface area contributed by atoms with Gasteiger partial charge in [-0.1, -0.05) is 30.5 Å². The Balaban J connectivity index is 1.50. The number of anilines is 3. The molecule has 0 aliphatic heterocycles. The number of carbonyl (C=O) groups is 1. The van der Waals surface area contributed by atoms with Crippen LogP contribution in [0.15, 0.2) is 30.3 Å². The molecule has 3 N–H and O–H groups in total. The van der Waals surface area contributed by atoms with Crippen LogP contribution in [0.4, 0.5) is 17.5 Å². The van der Waals surface area contributed by atoms with E-state index < -0.39 is 0 Å². The number of hydrogen-bond donors (Lipinski definition) is 3. The van der Waals surface area contributed by atoms with E-state index in [2.05, 4.69) is 45.0 Å². The van der Waals surface area contributed by atoms with E-state index in [4.69, 9.17) is 0 Å². The first-order chi connectivity index (χ1) is 12.6. The number of nitrogens with one attached hydrogen (secondary N) is 3. The number of rotatable bonds is 7. The van der Waals surface area contributed by atoms with E-state index in [0.717, 1.165) is 30.0 Å². The average molecular weight is 353 g/mol. The molecule has 0 radical (unpaired) electrons. The van der Waals surface area contributed by atoms with Crippen molar-refractivity contribution >= 4 is 23.4 Å². The van der Waals surface area contributed by atoms with Gasteiger partial charge in [0.1, 0.15) is 5.82 Å². The third-order valence-corrected chi connectivity index (χ3v) is 4.61. The van der Waals surface area contributed by atoms with Gasteiger partial charge < -0.3 is 16.0 Å². The summed E-state index contributed by atoms with van der Waals surface area (Å²) >= 11 is 0. The van der Waals surface area contributed by atoms with Crippen LogP contribution in [-0.2, 0) is 4.79 Å². The van der Waals surface area contributed by atoms with E-state index in [0.29, 0.717) is 19.0 Å². The minimum Gasteiger partial charge on any atom is -0.354 e. The van der Waals surface area contributed by atoms with Crippen molar-refractivity contribution in [2.45, 2.75) is 39.5 Å². The highest BCUT2D eigenvalue weighted by atomic mass is 16.1. The van der Waals surface area contributed by atoms with E-state index in [1.54, 1.807) is 0 Å². The van der Waals surface area contributed by atoms with Gasteiger partial charge in [-0.25, -0.2) is 4.98 Å². The Kier molecular flexibility index (Phi) is 6.04. The molecule has 1 aliphatic rings. The second-order valence-corrected chi connectivity index (χ2v) is 6.91. The number of benzene rings is 1. The maximum atomic E-state index is 12.0. The lowest BCUT2D eigenvalue weighted by atomic mass is 10.1. The zero-order valence-corrected chi connectivity index (χ0v) is 15.5. The highest BCUT2D eigenvalue weighted by molar-refractivity contribution is 5.78. The first-order valence-electron chi connectivity index (χ1n) is 9.31. The van der Waals surface area contributed by atoms with Crippen molar-refractivity contribution in [2.24, 2.45) is 5.92 Å². The first-order valence-corrected chi connectivity index (χ1v) is 9.31. The fourth-order valence-electron chi connectivity index (χ4n) is 3.19. The normalized spacial score (nSPS) is 14.2. The van der Waals surface area contributed by atoms with Gasteiger partial charge in [0.25, 0.3) is 0 Å². The van der Waals surface area contributed by atoms with Gasteiger partial charge in [-0.15, -0.1) is 0 Å². The molecule has 1 aliphatic carbocycles. The molecule has 0 atom stereocenters. The molecule has 138 valence electrons. The average Bonchev–Trinajstić information content (AvgIpc) is 3.15. The standard InChI is InChI=1S/C20H27N5O/c1-14-7-9-17(10-8-14)24-18-13-15(2)23-20(25-18)22-12-11-21-19(26)16-5-3-4-6-16/h7-10,13,16H,3-6,11-12H2,1-2H3,(H,21,26)(H2,22,23,24,25). The number of hydrogen-bond acceptors (Lipinski definition) is 5. The first kappa shape index (κ1) is 18.2. The molecule has 0 spiro atoms. The van der Waals surface area contributed by atoms with E-state index in [9.17, 15) is 4.79 Å². The lowest BCUT2D eigenvalue weighted by Gasteiger charge is -2.12. The molecule has 6 heteroatoms. The fraction of sp³-hybridized carbons (Fsp3) is 0.450. The molecule has 3 rings (SSSR count). The van der Waals surface area contributed by atoms with Crippen molar-refractivity contribution in [1.29, 1.82) is 0 Å². The topological polar surface area (TPSA) is 78.9 Å². The zero-order chi connectivity index (χ0) is 18.4. The minimum atomic E-state index is 0.177. The summed E-state index contributed by atoms with van der Waals surface area (Å²) in [7, 11) is 0. The Bertz CT molecular complexity index is 738. The maximum absolute atomic E-state index is 12.0. The Morgan fingerprint density at radius 1 is 1.08 bits per heavy atom. The van der Waals surface area contributed by atoms with Gasteiger partial charge in [0.15, 0.2) is 0 Å². The molecule has 1 fully saturated rings. The molecular weight excluding hydrogens is 326 g/mol. The second kappa shape index (κ2) is 8.65. The van der Waals surface area contributed by atoms with Crippen molar-refractivity contribution in [1.82, 2.24) is 15.3 Å². The summed E-state index contributed by atoms with van der Waals surface area (Å²) in [6, 6.07) is 10.1. The Morgan fingerprint density at radius 3 is 2.54 bits per heavy atom. The third-order valence-electron chi connectivity index (χ3n) is 4.61. The summed E-state index contributed by atoms with van der Waals surface area (Å²) in [5, 5.41) is 9.48. The largest absolute Gasteiger partial charge is 0.354 e. The predicted molar refractivity (Wildman–Crippen MR) is 105 cm³/mol. The Hall–Kier alpha value is -2.63. The van der Waals surface area contributed by atoms with Crippen molar-refractivity contribution in [3.63, 3.8) is 0 Å². The van der Waals surface area contributed by atoms with Crippen LogP contribution in [0.2, 0.25) is 0 Å². The maximum Gasteiger partial charge on any atom is 0.224 e. The summed E-state index contributed by atoms with van der Waals surface area (Å²) in [6.45, 7) is 5.18. The Labute approximate surface area is 154 Å². The van der Waals surface area contributed by atoms with Crippen LogP contribution in [0.25, 0.3) is 0 Å². The predicted octanol–water partition coefficient (Wildman–Crippen LogP) is 3.56.